The fourth-order valence-electron chi connectivity index (χ4n) is 4.68. The topological polar surface area (TPSA) is 27.0 Å². The zero-order valence-corrected chi connectivity index (χ0v) is 12.8. The highest BCUT2D eigenvalue weighted by molar-refractivity contribution is 5.31. The smallest absolute Gasteiger partial charge is 0.0991 e. The Labute approximate surface area is 122 Å². The van der Waals surface area contributed by atoms with Gasteiger partial charge in [0.25, 0.3) is 0 Å². The van der Waals surface area contributed by atoms with Gasteiger partial charge in [0.15, 0.2) is 0 Å². The van der Waals surface area contributed by atoms with Crippen molar-refractivity contribution in [3.05, 3.63) is 35.4 Å². The monoisotopic (exact) mass is 268 g/mol. The van der Waals surface area contributed by atoms with Gasteiger partial charge in [-0.15, -0.1) is 0 Å². The molecule has 2 bridgehead atoms. The van der Waals surface area contributed by atoms with E-state index in [1.807, 2.05) is 12.1 Å². The van der Waals surface area contributed by atoms with Crippen molar-refractivity contribution < 1.29 is 0 Å². The summed E-state index contributed by atoms with van der Waals surface area (Å²) in [6, 6.07) is 11.0. The molecule has 0 N–H and O–H groups in total. The van der Waals surface area contributed by atoms with Crippen LogP contribution in [0.3, 0.4) is 0 Å². The third kappa shape index (κ3) is 2.60. The summed E-state index contributed by atoms with van der Waals surface area (Å²) >= 11 is 0. The van der Waals surface area contributed by atoms with Gasteiger partial charge in [0, 0.05) is 19.1 Å². The maximum absolute atomic E-state index is 8.87. The Hall–Kier alpha value is -1.33. The predicted octanol–water partition coefficient (Wildman–Crippen LogP) is 3.96. The number of hydrogen-bond donors (Lipinski definition) is 0. The van der Waals surface area contributed by atoms with Gasteiger partial charge in [0.05, 0.1) is 11.6 Å². The lowest BCUT2D eigenvalue weighted by molar-refractivity contribution is 0.126. The molecule has 2 aliphatic rings. The average Bonchev–Trinajstić information content (AvgIpc) is 2.59. The molecule has 1 aromatic rings. The van der Waals surface area contributed by atoms with E-state index in [0.717, 1.165) is 18.2 Å². The molecular formula is C18H24N2. The molecular weight excluding hydrogens is 244 g/mol. The third-order valence-corrected chi connectivity index (χ3v) is 4.99. The van der Waals surface area contributed by atoms with Crippen LogP contribution in [0.15, 0.2) is 24.3 Å². The molecule has 20 heavy (non-hydrogen) atoms. The van der Waals surface area contributed by atoms with Gasteiger partial charge in [-0.3, -0.25) is 4.90 Å². The van der Waals surface area contributed by atoms with Crippen molar-refractivity contribution in [2.75, 3.05) is 6.54 Å². The Bertz CT molecular complexity index is 538. The minimum absolute atomic E-state index is 0.483. The summed E-state index contributed by atoms with van der Waals surface area (Å²) in [5.74, 6) is 0. The lowest BCUT2D eigenvalue weighted by Gasteiger charge is -2.40. The van der Waals surface area contributed by atoms with Gasteiger partial charge in [-0.05, 0) is 47.8 Å². The quantitative estimate of drug-likeness (QED) is 0.812. The van der Waals surface area contributed by atoms with Crippen LogP contribution in [-0.4, -0.2) is 17.5 Å². The highest BCUT2D eigenvalue weighted by atomic mass is 15.2. The molecule has 106 valence electrons. The summed E-state index contributed by atoms with van der Waals surface area (Å²) in [6.45, 7) is 9.55. The van der Waals surface area contributed by atoms with Crippen LogP contribution in [0.4, 0.5) is 0 Å². The lowest BCUT2D eigenvalue weighted by Crippen LogP contribution is -2.34. The number of nitriles is 1. The summed E-state index contributed by atoms with van der Waals surface area (Å²) < 4.78 is 0. The maximum Gasteiger partial charge on any atom is 0.0991 e. The van der Waals surface area contributed by atoms with Crippen LogP contribution in [-0.2, 0) is 6.54 Å². The van der Waals surface area contributed by atoms with E-state index in [9.17, 15) is 0 Å². The Morgan fingerprint density at radius 1 is 1.20 bits per heavy atom. The van der Waals surface area contributed by atoms with E-state index < -0.39 is 0 Å². The minimum Gasteiger partial charge on any atom is -0.296 e. The first-order chi connectivity index (χ1) is 9.39. The summed E-state index contributed by atoms with van der Waals surface area (Å²) in [7, 11) is 0. The molecule has 2 heteroatoms. The Balaban J connectivity index is 1.74. The average molecular weight is 268 g/mol. The molecule has 0 aromatic heterocycles. The first-order valence-corrected chi connectivity index (χ1v) is 7.62. The first-order valence-electron chi connectivity index (χ1n) is 7.62. The SMILES string of the molecule is CC1(C)CC2CC(C)(CN2Cc2ccc(C#N)cc2)C1. The van der Waals surface area contributed by atoms with E-state index in [-0.39, 0.29) is 0 Å². The normalized spacial score (nSPS) is 32.0. The van der Waals surface area contributed by atoms with Gasteiger partial charge in [-0.1, -0.05) is 32.9 Å². The van der Waals surface area contributed by atoms with Crippen molar-refractivity contribution in [3.63, 3.8) is 0 Å². The number of likely N-dealkylation sites (tertiary alicyclic amines) is 1. The second kappa shape index (κ2) is 4.60. The fraction of sp³-hybridized carbons (Fsp3) is 0.611. The molecule has 3 rings (SSSR count). The number of benzene rings is 1. The van der Waals surface area contributed by atoms with Crippen LogP contribution in [0.5, 0.6) is 0 Å². The van der Waals surface area contributed by atoms with Gasteiger partial charge in [0.2, 0.25) is 0 Å². The molecule has 0 amide bonds. The van der Waals surface area contributed by atoms with Crippen LogP contribution in [0.1, 0.15) is 51.2 Å². The Morgan fingerprint density at radius 2 is 1.90 bits per heavy atom. The molecule has 2 fully saturated rings. The maximum atomic E-state index is 8.87. The van der Waals surface area contributed by atoms with Crippen molar-refractivity contribution in [3.8, 4) is 6.07 Å². The van der Waals surface area contributed by atoms with E-state index in [4.69, 9.17) is 5.26 Å². The molecule has 1 saturated carbocycles. The van der Waals surface area contributed by atoms with Crippen molar-refractivity contribution >= 4 is 0 Å². The minimum atomic E-state index is 0.483. The van der Waals surface area contributed by atoms with Crippen LogP contribution < -0.4 is 0 Å². The molecule has 1 aliphatic heterocycles. The number of fused-ring (bicyclic) bond motifs is 2. The number of rotatable bonds is 2. The van der Waals surface area contributed by atoms with E-state index in [1.165, 1.54) is 31.4 Å². The molecule has 2 nitrogen and oxygen atoms in total. The van der Waals surface area contributed by atoms with Crippen LogP contribution in [0, 0.1) is 22.2 Å². The Kier molecular flexibility index (Phi) is 3.14. The summed E-state index contributed by atoms with van der Waals surface area (Å²) in [5, 5.41) is 8.87. The summed E-state index contributed by atoms with van der Waals surface area (Å²) in [5.41, 5.74) is 3.07. The van der Waals surface area contributed by atoms with Gasteiger partial charge < -0.3 is 0 Å². The van der Waals surface area contributed by atoms with Crippen molar-refractivity contribution in [2.24, 2.45) is 10.8 Å². The van der Waals surface area contributed by atoms with E-state index in [0.29, 0.717) is 10.8 Å². The zero-order chi connectivity index (χ0) is 14.4. The van der Waals surface area contributed by atoms with Gasteiger partial charge in [-0.25, -0.2) is 0 Å². The van der Waals surface area contributed by atoms with Crippen molar-refractivity contribution in [1.82, 2.24) is 4.90 Å². The molecule has 1 aliphatic carbocycles. The standard InChI is InChI=1S/C18H24N2/c1-17(2)8-16-9-18(3,12-17)13-20(16)11-15-6-4-14(10-19)5-7-15/h4-7,16H,8-9,11-13H2,1-3H3. The Morgan fingerprint density at radius 3 is 2.55 bits per heavy atom. The zero-order valence-electron chi connectivity index (χ0n) is 12.8. The van der Waals surface area contributed by atoms with Gasteiger partial charge in [-0.2, -0.15) is 5.26 Å². The predicted molar refractivity (Wildman–Crippen MR) is 81.1 cm³/mol. The molecule has 1 heterocycles. The third-order valence-electron chi connectivity index (χ3n) is 4.99. The second-order valence-corrected chi connectivity index (χ2v) is 7.93. The summed E-state index contributed by atoms with van der Waals surface area (Å²) in [4.78, 5) is 2.66. The van der Waals surface area contributed by atoms with Gasteiger partial charge >= 0.3 is 0 Å². The van der Waals surface area contributed by atoms with Crippen molar-refractivity contribution in [2.45, 2.75) is 52.6 Å². The molecule has 0 radical (unpaired) electrons. The highest BCUT2D eigenvalue weighted by Crippen LogP contribution is 2.52. The fourth-order valence-corrected chi connectivity index (χ4v) is 4.68. The summed E-state index contributed by atoms with van der Waals surface area (Å²) in [6.07, 6.45) is 4.02. The van der Waals surface area contributed by atoms with Crippen LogP contribution in [0.2, 0.25) is 0 Å². The van der Waals surface area contributed by atoms with Gasteiger partial charge in [0.1, 0.15) is 0 Å². The van der Waals surface area contributed by atoms with Crippen LogP contribution >= 0.6 is 0 Å². The van der Waals surface area contributed by atoms with E-state index in [1.54, 1.807) is 0 Å². The lowest BCUT2D eigenvalue weighted by atomic mass is 9.65. The second-order valence-electron chi connectivity index (χ2n) is 7.93. The largest absolute Gasteiger partial charge is 0.296 e. The molecule has 0 spiro atoms. The van der Waals surface area contributed by atoms with E-state index in [2.05, 4.69) is 43.9 Å². The van der Waals surface area contributed by atoms with Crippen LogP contribution in [0.25, 0.3) is 0 Å². The first kappa shape index (κ1) is 13.6. The van der Waals surface area contributed by atoms with Crippen molar-refractivity contribution in [1.29, 1.82) is 5.26 Å². The number of nitrogens with zero attached hydrogens (tertiary/aromatic N) is 2. The highest BCUT2D eigenvalue weighted by Gasteiger charge is 2.49. The molecule has 1 aromatic carbocycles. The molecule has 2 atom stereocenters. The molecule has 2 unspecified atom stereocenters. The molecule has 1 saturated heterocycles. The van der Waals surface area contributed by atoms with E-state index >= 15 is 0 Å². The number of hydrogen-bond acceptors (Lipinski definition) is 2.